The predicted molar refractivity (Wildman–Crippen MR) is 114 cm³/mol. The van der Waals surface area contributed by atoms with Gasteiger partial charge in [-0.25, -0.2) is 9.97 Å². The van der Waals surface area contributed by atoms with Gasteiger partial charge in [-0.1, -0.05) is 30.3 Å². The molecule has 148 valence electrons. The molecule has 0 saturated heterocycles. The first-order valence-corrected chi connectivity index (χ1v) is 9.67. The minimum absolute atomic E-state index is 0.280. The molecule has 0 spiro atoms. The van der Waals surface area contributed by atoms with Crippen molar-refractivity contribution in [1.82, 2.24) is 9.97 Å². The van der Waals surface area contributed by atoms with Gasteiger partial charge in [0, 0.05) is 18.8 Å². The average Bonchev–Trinajstić information content (AvgIpc) is 2.73. The molecule has 0 unspecified atom stereocenters. The number of anilines is 2. The maximum absolute atomic E-state index is 12.9. The molecular weight excluding hydrogens is 364 g/mol. The summed E-state index contributed by atoms with van der Waals surface area (Å²) in [6, 6.07) is 15.8. The highest BCUT2D eigenvalue weighted by atomic mass is 16.5. The first-order chi connectivity index (χ1) is 14.0. The van der Waals surface area contributed by atoms with E-state index in [0.29, 0.717) is 23.1 Å². The maximum atomic E-state index is 12.9. The van der Waals surface area contributed by atoms with Gasteiger partial charge in [0.05, 0.1) is 12.8 Å². The third kappa shape index (κ3) is 4.06. The van der Waals surface area contributed by atoms with E-state index < -0.39 is 0 Å². The molecule has 0 saturated carbocycles. The van der Waals surface area contributed by atoms with Crippen LogP contribution in [-0.4, -0.2) is 29.5 Å². The van der Waals surface area contributed by atoms with Crippen LogP contribution in [0.5, 0.6) is 5.75 Å². The average molecular weight is 388 g/mol. The number of carbonyl (C=O) groups is 1. The lowest BCUT2D eigenvalue weighted by Crippen LogP contribution is -2.32. The van der Waals surface area contributed by atoms with Gasteiger partial charge in [-0.15, -0.1) is 0 Å². The summed E-state index contributed by atoms with van der Waals surface area (Å²) >= 11 is 0. The predicted octanol–water partition coefficient (Wildman–Crippen LogP) is 3.92. The summed E-state index contributed by atoms with van der Waals surface area (Å²) in [4.78, 5) is 24.2. The van der Waals surface area contributed by atoms with Gasteiger partial charge in [-0.3, -0.25) is 4.79 Å². The summed E-state index contributed by atoms with van der Waals surface area (Å²) < 4.78 is 5.36. The molecule has 2 aromatic carbocycles. The van der Waals surface area contributed by atoms with Gasteiger partial charge in [0.15, 0.2) is 0 Å². The number of ether oxygens (including phenoxy) is 1. The van der Waals surface area contributed by atoms with Crippen LogP contribution in [0.15, 0.2) is 48.5 Å². The summed E-state index contributed by atoms with van der Waals surface area (Å²) in [5.41, 5.74) is 5.40. The van der Waals surface area contributed by atoms with E-state index in [1.807, 2.05) is 38.1 Å². The smallest absolute Gasteiger partial charge is 0.274 e. The van der Waals surface area contributed by atoms with Crippen LogP contribution in [0.4, 0.5) is 11.6 Å². The molecule has 6 heteroatoms. The molecule has 29 heavy (non-hydrogen) atoms. The quantitative estimate of drug-likeness (QED) is 0.734. The number of nitrogens with zero attached hydrogens (tertiary/aromatic N) is 3. The SMILES string of the molecule is COc1ccc(C)cc1NC(=O)c1cc(C)nc(N2CCc3ccccc3C2)n1. The Hall–Kier alpha value is -3.41. The lowest BCUT2D eigenvalue weighted by molar-refractivity contribution is 0.102. The molecule has 0 atom stereocenters. The Morgan fingerprint density at radius 2 is 1.86 bits per heavy atom. The van der Waals surface area contributed by atoms with Crippen LogP contribution in [0, 0.1) is 13.8 Å². The third-order valence-electron chi connectivity index (χ3n) is 5.09. The molecule has 1 aliphatic heterocycles. The van der Waals surface area contributed by atoms with Crippen molar-refractivity contribution in [2.24, 2.45) is 0 Å². The van der Waals surface area contributed by atoms with E-state index in [1.54, 1.807) is 13.2 Å². The highest BCUT2D eigenvalue weighted by Crippen LogP contribution is 2.26. The lowest BCUT2D eigenvalue weighted by Gasteiger charge is -2.29. The molecule has 1 aromatic heterocycles. The molecule has 1 amide bonds. The van der Waals surface area contributed by atoms with Crippen molar-refractivity contribution in [1.29, 1.82) is 0 Å². The number of rotatable bonds is 4. The standard InChI is InChI=1S/C23H24N4O2/c1-15-8-9-21(29-3)19(12-15)25-22(28)20-13-16(2)24-23(26-20)27-11-10-17-6-4-5-7-18(17)14-27/h4-9,12-13H,10-11,14H2,1-3H3,(H,25,28). The van der Waals surface area contributed by atoms with Crippen molar-refractivity contribution in [2.75, 3.05) is 23.9 Å². The number of hydrogen-bond acceptors (Lipinski definition) is 5. The van der Waals surface area contributed by atoms with E-state index in [9.17, 15) is 4.79 Å². The highest BCUT2D eigenvalue weighted by molar-refractivity contribution is 6.04. The minimum Gasteiger partial charge on any atom is -0.495 e. The summed E-state index contributed by atoms with van der Waals surface area (Å²) in [5, 5.41) is 2.92. The van der Waals surface area contributed by atoms with E-state index >= 15 is 0 Å². The van der Waals surface area contributed by atoms with Crippen molar-refractivity contribution in [2.45, 2.75) is 26.8 Å². The fourth-order valence-corrected chi connectivity index (χ4v) is 3.58. The Balaban J connectivity index is 1.59. The summed E-state index contributed by atoms with van der Waals surface area (Å²) in [7, 11) is 1.58. The molecule has 6 nitrogen and oxygen atoms in total. The highest BCUT2D eigenvalue weighted by Gasteiger charge is 2.20. The Morgan fingerprint density at radius 3 is 2.66 bits per heavy atom. The number of aromatic nitrogens is 2. The van der Waals surface area contributed by atoms with Gasteiger partial charge < -0.3 is 15.0 Å². The van der Waals surface area contributed by atoms with Gasteiger partial charge in [-0.2, -0.15) is 0 Å². The van der Waals surface area contributed by atoms with Crippen molar-refractivity contribution < 1.29 is 9.53 Å². The molecule has 4 rings (SSSR count). The Bertz CT molecular complexity index is 1060. The van der Waals surface area contributed by atoms with Crippen LogP contribution in [0.1, 0.15) is 32.9 Å². The van der Waals surface area contributed by atoms with E-state index in [1.165, 1.54) is 11.1 Å². The number of aryl methyl sites for hydroxylation is 2. The van der Waals surface area contributed by atoms with E-state index in [-0.39, 0.29) is 5.91 Å². The van der Waals surface area contributed by atoms with E-state index in [4.69, 9.17) is 4.74 Å². The van der Waals surface area contributed by atoms with Gasteiger partial charge in [0.2, 0.25) is 5.95 Å². The second kappa shape index (κ2) is 7.91. The summed E-state index contributed by atoms with van der Waals surface area (Å²) in [6.07, 6.45) is 0.940. The van der Waals surface area contributed by atoms with Crippen LogP contribution in [0.2, 0.25) is 0 Å². The molecule has 0 radical (unpaired) electrons. The van der Waals surface area contributed by atoms with Crippen molar-refractivity contribution in [3.8, 4) is 5.75 Å². The van der Waals surface area contributed by atoms with E-state index in [0.717, 1.165) is 30.8 Å². The van der Waals surface area contributed by atoms with Gasteiger partial charge >= 0.3 is 0 Å². The van der Waals surface area contributed by atoms with Gasteiger partial charge in [0.25, 0.3) is 5.91 Å². The minimum atomic E-state index is -0.280. The summed E-state index contributed by atoms with van der Waals surface area (Å²) in [5.74, 6) is 0.918. The first-order valence-electron chi connectivity index (χ1n) is 9.67. The monoisotopic (exact) mass is 388 g/mol. The lowest BCUT2D eigenvalue weighted by atomic mass is 10.0. The van der Waals surface area contributed by atoms with Gasteiger partial charge in [-0.05, 0) is 55.2 Å². The number of nitrogens with one attached hydrogen (secondary N) is 1. The van der Waals surface area contributed by atoms with Crippen LogP contribution < -0.4 is 15.0 Å². The number of hydrogen-bond donors (Lipinski definition) is 1. The fraction of sp³-hybridized carbons (Fsp3) is 0.261. The molecule has 1 N–H and O–H groups in total. The van der Waals surface area contributed by atoms with Crippen molar-refractivity contribution >= 4 is 17.5 Å². The van der Waals surface area contributed by atoms with Crippen LogP contribution >= 0.6 is 0 Å². The molecule has 3 aromatic rings. The van der Waals surface area contributed by atoms with Crippen LogP contribution in [0.25, 0.3) is 0 Å². The third-order valence-corrected chi connectivity index (χ3v) is 5.09. The Kier molecular flexibility index (Phi) is 5.16. The second-order valence-electron chi connectivity index (χ2n) is 7.29. The van der Waals surface area contributed by atoms with Crippen molar-refractivity contribution in [3.05, 3.63) is 76.6 Å². The second-order valence-corrected chi connectivity index (χ2v) is 7.29. The van der Waals surface area contributed by atoms with Gasteiger partial charge in [0.1, 0.15) is 11.4 Å². The zero-order valence-electron chi connectivity index (χ0n) is 16.9. The number of benzene rings is 2. The fourth-order valence-electron chi connectivity index (χ4n) is 3.58. The first kappa shape index (κ1) is 18.9. The van der Waals surface area contributed by atoms with Crippen LogP contribution in [0.3, 0.4) is 0 Å². The maximum Gasteiger partial charge on any atom is 0.274 e. The zero-order valence-corrected chi connectivity index (χ0v) is 16.9. The summed E-state index contributed by atoms with van der Waals surface area (Å²) in [6.45, 7) is 5.42. The number of carbonyl (C=O) groups excluding carboxylic acids is 1. The topological polar surface area (TPSA) is 67.3 Å². The molecule has 0 bridgehead atoms. The largest absolute Gasteiger partial charge is 0.495 e. The Morgan fingerprint density at radius 1 is 1.07 bits per heavy atom. The van der Waals surface area contributed by atoms with Crippen LogP contribution in [-0.2, 0) is 13.0 Å². The normalized spacial score (nSPS) is 13.0. The molecule has 0 aliphatic carbocycles. The molecule has 1 aliphatic rings. The molecular formula is C23H24N4O2. The van der Waals surface area contributed by atoms with E-state index in [2.05, 4.69) is 38.4 Å². The number of fused-ring (bicyclic) bond motifs is 1. The number of methoxy groups -OCH3 is 1. The zero-order chi connectivity index (χ0) is 20.4. The number of amides is 1. The Labute approximate surface area is 170 Å². The molecule has 2 heterocycles. The van der Waals surface area contributed by atoms with Crippen molar-refractivity contribution in [3.63, 3.8) is 0 Å². The molecule has 0 fully saturated rings.